The molecule has 18 heavy (non-hydrogen) atoms. The smallest absolute Gasteiger partial charge is 0.329 e. The van der Waals surface area contributed by atoms with Crippen LogP contribution in [0.25, 0.3) is 0 Å². The van der Waals surface area contributed by atoms with Gasteiger partial charge in [-0.15, -0.1) is 0 Å². The van der Waals surface area contributed by atoms with Crippen LogP contribution in [0.3, 0.4) is 0 Å². The van der Waals surface area contributed by atoms with E-state index in [-0.39, 0.29) is 12.2 Å². The van der Waals surface area contributed by atoms with Crippen molar-refractivity contribution in [2.75, 3.05) is 19.7 Å². The van der Waals surface area contributed by atoms with Gasteiger partial charge in [-0.3, -0.25) is 9.88 Å². The molecular weight excluding hydrogens is 232 g/mol. The summed E-state index contributed by atoms with van der Waals surface area (Å²) in [5.41, 5.74) is 1.86. The second kappa shape index (κ2) is 5.04. The summed E-state index contributed by atoms with van der Waals surface area (Å²) in [5, 5.41) is 8.58. The summed E-state index contributed by atoms with van der Waals surface area (Å²) in [6.07, 6.45) is 1.88. The highest BCUT2D eigenvalue weighted by Crippen LogP contribution is 2.26. The maximum Gasteiger partial charge on any atom is 0.329 e. The third-order valence-corrected chi connectivity index (χ3v) is 3.04. The van der Waals surface area contributed by atoms with Crippen LogP contribution in [0.2, 0.25) is 0 Å². The van der Waals surface area contributed by atoms with Gasteiger partial charge in [0.05, 0.1) is 5.60 Å². The monoisotopic (exact) mass is 250 g/mol. The number of pyridine rings is 1. The van der Waals surface area contributed by atoms with E-state index in [1.165, 1.54) is 5.56 Å². The Kier molecular flexibility index (Phi) is 3.63. The number of ether oxygens (including phenoxy) is 1. The molecule has 1 aliphatic rings. The Morgan fingerprint density at radius 1 is 1.56 bits per heavy atom. The molecule has 0 spiro atoms. The second-order valence-electron chi connectivity index (χ2n) is 5.09. The molecule has 0 bridgehead atoms. The summed E-state index contributed by atoms with van der Waals surface area (Å²) in [5.74, 6) is -0.919. The molecular formula is C13H18N2O3. The Labute approximate surface area is 106 Å². The summed E-state index contributed by atoms with van der Waals surface area (Å²) in [4.78, 5) is 16.9. The van der Waals surface area contributed by atoms with E-state index in [0.717, 1.165) is 25.3 Å². The van der Waals surface area contributed by atoms with Crippen molar-refractivity contribution >= 4 is 5.97 Å². The molecule has 1 N–H and O–H groups in total. The van der Waals surface area contributed by atoms with E-state index in [1.807, 2.05) is 26.1 Å². The average Bonchev–Trinajstić information content (AvgIpc) is 2.27. The molecule has 1 saturated heterocycles. The van der Waals surface area contributed by atoms with Gasteiger partial charge in [-0.2, -0.15) is 0 Å². The first-order valence-corrected chi connectivity index (χ1v) is 5.96. The zero-order chi connectivity index (χ0) is 13.2. The molecule has 1 aromatic rings. The van der Waals surface area contributed by atoms with E-state index in [4.69, 9.17) is 9.84 Å². The highest BCUT2D eigenvalue weighted by Gasteiger charge is 2.39. The van der Waals surface area contributed by atoms with Gasteiger partial charge in [0, 0.05) is 31.5 Å². The van der Waals surface area contributed by atoms with Crippen LogP contribution in [-0.2, 0) is 16.1 Å². The highest BCUT2D eigenvalue weighted by atomic mass is 16.5. The lowest BCUT2D eigenvalue weighted by Gasteiger charge is -2.47. The van der Waals surface area contributed by atoms with E-state index >= 15 is 0 Å². The average molecular weight is 250 g/mol. The maximum absolute atomic E-state index is 10.4. The van der Waals surface area contributed by atoms with Crippen LogP contribution in [0.5, 0.6) is 0 Å². The van der Waals surface area contributed by atoms with Crippen molar-refractivity contribution in [3.8, 4) is 0 Å². The third kappa shape index (κ3) is 3.27. The molecule has 1 aliphatic heterocycles. The van der Waals surface area contributed by atoms with Gasteiger partial charge in [0.2, 0.25) is 0 Å². The summed E-state index contributed by atoms with van der Waals surface area (Å²) >= 11 is 0. The van der Waals surface area contributed by atoms with Gasteiger partial charge >= 0.3 is 5.97 Å². The van der Waals surface area contributed by atoms with Gasteiger partial charge in [0.15, 0.2) is 0 Å². The van der Waals surface area contributed by atoms with Crippen LogP contribution in [0.1, 0.15) is 18.2 Å². The SMILES string of the molecule is Cc1ccc(CN2CC(C)(OCC(=O)O)C2)cn1. The first-order valence-electron chi connectivity index (χ1n) is 5.96. The van der Waals surface area contributed by atoms with Crippen LogP contribution in [-0.4, -0.2) is 46.3 Å². The van der Waals surface area contributed by atoms with E-state index in [1.54, 1.807) is 0 Å². The van der Waals surface area contributed by atoms with Crippen LogP contribution < -0.4 is 0 Å². The molecule has 2 heterocycles. The number of aliphatic carboxylic acids is 1. The summed E-state index contributed by atoms with van der Waals surface area (Å²) in [6.45, 7) is 6.03. The molecule has 0 unspecified atom stereocenters. The molecule has 5 heteroatoms. The number of hydrogen-bond donors (Lipinski definition) is 1. The van der Waals surface area contributed by atoms with Gasteiger partial charge in [-0.05, 0) is 25.5 Å². The Balaban J connectivity index is 1.78. The minimum absolute atomic E-state index is 0.226. The minimum Gasteiger partial charge on any atom is -0.480 e. The van der Waals surface area contributed by atoms with E-state index in [9.17, 15) is 4.79 Å². The van der Waals surface area contributed by atoms with E-state index < -0.39 is 5.97 Å². The second-order valence-corrected chi connectivity index (χ2v) is 5.09. The summed E-state index contributed by atoms with van der Waals surface area (Å²) in [6, 6.07) is 4.06. The standard InChI is InChI=1S/C13H18N2O3/c1-10-3-4-11(5-14-10)6-15-8-13(2,9-15)18-7-12(16)17/h3-5H,6-9H2,1-2H3,(H,16,17). The topological polar surface area (TPSA) is 62.7 Å². The van der Waals surface area contributed by atoms with Gasteiger partial charge in [-0.25, -0.2) is 4.79 Å². The number of carboxylic acids is 1. The number of rotatable bonds is 5. The van der Waals surface area contributed by atoms with E-state index in [0.29, 0.717) is 0 Å². The highest BCUT2D eigenvalue weighted by molar-refractivity contribution is 5.68. The van der Waals surface area contributed by atoms with Crippen molar-refractivity contribution in [2.45, 2.75) is 26.0 Å². The predicted octanol–water partition coefficient (Wildman–Crippen LogP) is 1.07. The van der Waals surface area contributed by atoms with Crippen molar-refractivity contribution < 1.29 is 14.6 Å². The fraction of sp³-hybridized carbons (Fsp3) is 0.538. The lowest BCUT2D eigenvalue weighted by molar-refractivity contribution is -0.165. The van der Waals surface area contributed by atoms with Crippen LogP contribution in [0, 0.1) is 6.92 Å². The molecule has 0 aliphatic carbocycles. The zero-order valence-electron chi connectivity index (χ0n) is 10.7. The van der Waals surface area contributed by atoms with Gasteiger partial charge in [0.25, 0.3) is 0 Å². The van der Waals surface area contributed by atoms with Crippen molar-refractivity contribution in [2.24, 2.45) is 0 Å². The van der Waals surface area contributed by atoms with Crippen LogP contribution in [0.15, 0.2) is 18.3 Å². The third-order valence-electron chi connectivity index (χ3n) is 3.04. The number of nitrogens with zero attached hydrogens (tertiary/aromatic N) is 2. The number of carbonyl (C=O) groups is 1. The van der Waals surface area contributed by atoms with Gasteiger partial charge in [-0.1, -0.05) is 6.07 Å². The predicted molar refractivity (Wildman–Crippen MR) is 66.2 cm³/mol. The van der Waals surface area contributed by atoms with Crippen molar-refractivity contribution in [3.63, 3.8) is 0 Å². The van der Waals surface area contributed by atoms with Crippen molar-refractivity contribution in [1.29, 1.82) is 0 Å². The Morgan fingerprint density at radius 2 is 2.28 bits per heavy atom. The lowest BCUT2D eigenvalue weighted by Crippen LogP contribution is -2.61. The van der Waals surface area contributed by atoms with Crippen molar-refractivity contribution in [1.82, 2.24) is 9.88 Å². The van der Waals surface area contributed by atoms with Crippen LogP contribution >= 0.6 is 0 Å². The molecule has 0 saturated carbocycles. The van der Waals surface area contributed by atoms with Gasteiger partial charge < -0.3 is 9.84 Å². The molecule has 1 fully saturated rings. The number of aromatic nitrogens is 1. The summed E-state index contributed by atoms with van der Waals surface area (Å²) in [7, 11) is 0. The molecule has 5 nitrogen and oxygen atoms in total. The Morgan fingerprint density at radius 3 is 2.83 bits per heavy atom. The van der Waals surface area contributed by atoms with Crippen LogP contribution in [0.4, 0.5) is 0 Å². The molecule has 0 aromatic carbocycles. The van der Waals surface area contributed by atoms with E-state index in [2.05, 4.69) is 16.0 Å². The number of carboxylic acid groups (broad SMARTS) is 1. The lowest BCUT2D eigenvalue weighted by atomic mass is 9.96. The van der Waals surface area contributed by atoms with Gasteiger partial charge in [0.1, 0.15) is 6.61 Å². The zero-order valence-corrected chi connectivity index (χ0v) is 10.7. The number of hydrogen-bond acceptors (Lipinski definition) is 4. The Hall–Kier alpha value is -1.46. The first-order chi connectivity index (χ1) is 8.47. The Bertz CT molecular complexity index is 424. The fourth-order valence-electron chi connectivity index (χ4n) is 2.19. The summed E-state index contributed by atoms with van der Waals surface area (Å²) < 4.78 is 5.36. The largest absolute Gasteiger partial charge is 0.480 e. The normalized spacial score (nSPS) is 18.3. The maximum atomic E-state index is 10.4. The number of aryl methyl sites for hydroxylation is 1. The first kappa shape index (κ1) is 13.0. The molecule has 98 valence electrons. The molecule has 1 aromatic heterocycles. The fourth-order valence-corrected chi connectivity index (χ4v) is 2.19. The molecule has 0 radical (unpaired) electrons. The molecule has 0 amide bonds. The molecule has 0 atom stereocenters. The minimum atomic E-state index is -0.919. The number of likely N-dealkylation sites (tertiary alicyclic amines) is 1. The van der Waals surface area contributed by atoms with Crippen molar-refractivity contribution in [3.05, 3.63) is 29.6 Å². The quantitative estimate of drug-likeness (QED) is 0.846. The molecule has 2 rings (SSSR count).